The fraction of sp³-hybridized carbons (Fsp3) is 0.366. The molecule has 3 aromatic carbocycles. The van der Waals surface area contributed by atoms with Crippen molar-refractivity contribution < 1.29 is 43.3 Å². The molecule has 0 spiro atoms. The van der Waals surface area contributed by atoms with Crippen LogP contribution in [0.4, 0.5) is 31.6 Å². The van der Waals surface area contributed by atoms with E-state index in [0.29, 0.717) is 33.3 Å². The van der Waals surface area contributed by atoms with Crippen LogP contribution in [0.5, 0.6) is 0 Å². The molecule has 3 heterocycles. The van der Waals surface area contributed by atoms with Crippen LogP contribution >= 0.6 is 0 Å². The van der Waals surface area contributed by atoms with Crippen LogP contribution in [0.3, 0.4) is 0 Å². The predicted molar refractivity (Wildman–Crippen MR) is 207 cm³/mol. The number of nitrogens with one attached hydrogen (secondary N) is 2. The lowest BCUT2D eigenvalue weighted by Crippen LogP contribution is -2.44. The second kappa shape index (κ2) is 15.7. The summed E-state index contributed by atoms with van der Waals surface area (Å²) in [7, 11) is 1.57. The molecule has 14 nitrogen and oxygen atoms in total. The molecule has 0 unspecified atom stereocenters. The van der Waals surface area contributed by atoms with Crippen molar-refractivity contribution in [1.29, 1.82) is 0 Å². The average molecular weight is 754 g/mol. The number of carbonyl (C=O) groups is 5. The van der Waals surface area contributed by atoms with Gasteiger partial charge < -0.3 is 29.5 Å². The van der Waals surface area contributed by atoms with Gasteiger partial charge >= 0.3 is 24.2 Å². The standard InChI is InChI=1S/C41H47N5O9/c1-23-18-26-10-13-30(23)24(2)22-53-37(50)44-29-12-15-32(36(48)49)27(20-29)21-45(9)35(47)33(26)43-28-11-14-31-25(19-28)16-17-42-34(31)46(38(51)54-40(3,4)5)39(52)55-41(6,7)8/h10-20,24,33,43H,21-22H2,1-9H3,(H,44,50)(H,48,49)/t24-,33+/m0/s1. The minimum Gasteiger partial charge on any atom is -0.478 e. The number of hydrogen-bond acceptors (Lipinski definition) is 10. The SMILES string of the molecule is Cc1cc2ccc1[C@@H](C)COC(=O)Nc1ccc(C(=O)O)c(c1)CN(C)C(=O)[C@@H]2Nc1ccc2c(N(C(=O)OC(C)(C)C)C(=O)OC(C)(C)C)nccc2c1. The fourth-order valence-electron chi connectivity index (χ4n) is 6.19. The molecule has 0 fully saturated rings. The van der Waals surface area contributed by atoms with Crippen LogP contribution in [-0.4, -0.2) is 70.0 Å². The molecular weight excluding hydrogens is 706 g/mol. The van der Waals surface area contributed by atoms with Gasteiger partial charge in [0.05, 0.1) is 12.2 Å². The Labute approximate surface area is 319 Å². The number of aryl methyl sites for hydroxylation is 1. The Morgan fingerprint density at radius 3 is 2.24 bits per heavy atom. The van der Waals surface area contributed by atoms with Crippen LogP contribution in [0.15, 0.2) is 66.9 Å². The number of aromatic carboxylic acids is 1. The molecule has 290 valence electrons. The third-order valence-electron chi connectivity index (χ3n) is 8.65. The summed E-state index contributed by atoms with van der Waals surface area (Å²) in [6.45, 7) is 14.0. The number of amides is 4. The Balaban J connectivity index is 1.57. The highest BCUT2D eigenvalue weighted by molar-refractivity contribution is 6.14. The molecule has 2 aliphatic rings. The Hall–Kier alpha value is -6.18. The molecule has 0 aliphatic carbocycles. The first-order chi connectivity index (χ1) is 25.7. The third-order valence-corrected chi connectivity index (χ3v) is 8.65. The van der Waals surface area contributed by atoms with Gasteiger partial charge in [-0.15, -0.1) is 0 Å². The van der Waals surface area contributed by atoms with E-state index in [4.69, 9.17) is 14.2 Å². The summed E-state index contributed by atoms with van der Waals surface area (Å²) in [4.78, 5) is 72.7. The molecule has 2 aliphatic heterocycles. The summed E-state index contributed by atoms with van der Waals surface area (Å²) in [5.41, 5.74) is 1.75. The van der Waals surface area contributed by atoms with Crippen molar-refractivity contribution in [3.05, 3.63) is 94.7 Å². The molecule has 4 aromatic rings. The summed E-state index contributed by atoms with van der Waals surface area (Å²) in [6.07, 6.45) is -1.14. The van der Waals surface area contributed by atoms with Crippen LogP contribution in [-0.2, 0) is 25.5 Å². The summed E-state index contributed by atoms with van der Waals surface area (Å²) in [6, 6.07) is 15.9. The zero-order valence-electron chi connectivity index (χ0n) is 32.5. The first-order valence-electron chi connectivity index (χ1n) is 17.8. The van der Waals surface area contributed by atoms with E-state index < -0.39 is 41.5 Å². The number of likely N-dealkylation sites (N-methyl/N-ethyl adjacent to an activating group) is 1. The van der Waals surface area contributed by atoms with Gasteiger partial charge in [-0.2, -0.15) is 4.90 Å². The lowest BCUT2D eigenvalue weighted by Gasteiger charge is -2.29. The first-order valence-corrected chi connectivity index (χ1v) is 17.8. The monoisotopic (exact) mass is 753 g/mol. The molecule has 0 saturated heterocycles. The number of fused-ring (bicyclic) bond motifs is 10. The van der Waals surface area contributed by atoms with Crippen LogP contribution in [0.25, 0.3) is 10.8 Å². The number of nitrogens with zero attached hydrogens (tertiary/aromatic N) is 3. The maximum atomic E-state index is 14.4. The third kappa shape index (κ3) is 9.68. The second-order valence-electron chi connectivity index (χ2n) is 15.6. The number of aromatic nitrogens is 1. The molecule has 1 aromatic heterocycles. The van der Waals surface area contributed by atoms with Crippen molar-refractivity contribution in [2.45, 2.75) is 85.1 Å². The minimum absolute atomic E-state index is 0.00466. The molecule has 6 rings (SSSR count). The summed E-state index contributed by atoms with van der Waals surface area (Å²) in [5.74, 6) is -1.72. The van der Waals surface area contributed by atoms with Crippen molar-refractivity contribution in [3.8, 4) is 0 Å². The van der Waals surface area contributed by atoms with Gasteiger partial charge in [-0.25, -0.2) is 24.2 Å². The number of anilines is 3. The van der Waals surface area contributed by atoms with Gasteiger partial charge in [0, 0.05) is 42.5 Å². The molecule has 0 radical (unpaired) electrons. The van der Waals surface area contributed by atoms with E-state index in [9.17, 15) is 29.1 Å². The van der Waals surface area contributed by atoms with Gasteiger partial charge in [0.1, 0.15) is 17.2 Å². The number of rotatable bonds is 4. The number of hydrogen-bond donors (Lipinski definition) is 3. The minimum atomic E-state index is -1.18. The van der Waals surface area contributed by atoms with Crippen molar-refractivity contribution in [3.63, 3.8) is 0 Å². The van der Waals surface area contributed by atoms with Crippen molar-refractivity contribution in [2.24, 2.45) is 0 Å². The van der Waals surface area contributed by atoms with Crippen molar-refractivity contribution in [2.75, 3.05) is 29.2 Å². The molecule has 2 atom stereocenters. The van der Waals surface area contributed by atoms with Crippen molar-refractivity contribution in [1.82, 2.24) is 9.88 Å². The van der Waals surface area contributed by atoms with E-state index in [-0.39, 0.29) is 36.4 Å². The predicted octanol–water partition coefficient (Wildman–Crippen LogP) is 8.40. The zero-order valence-corrected chi connectivity index (χ0v) is 32.5. The molecule has 4 bridgehead atoms. The molecule has 0 saturated carbocycles. The van der Waals surface area contributed by atoms with Crippen LogP contribution in [0.1, 0.15) is 93.0 Å². The van der Waals surface area contributed by atoms with Gasteiger partial charge in [-0.05, 0) is 119 Å². The van der Waals surface area contributed by atoms with Crippen LogP contribution in [0, 0.1) is 6.92 Å². The van der Waals surface area contributed by atoms with Gasteiger partial charge in [-0.1, -0.05) is 25.1 Å². The first kappa shape index (κ1) is 40.0. The molecule has 55 heavy (non-hydrogen) atoms. The maximum absolute atomic E-state index is 14.4. The Morgan fingerprint density at radius 2 is 1.62 bits per heavy atom. The average Bonchev–Trinajstić information content (AvgIpc) is 3.07. The van der Waals surface area contributed by atoms with Gasteiger partial charge in [0.15, 0.2) is 5.82 Å². The highest BCUT2D eigenvalue weighted by Gasteiger charge is 2.35. The zero-order chi connectivity index (χ0) is 40.4. The highest BCUT2D eigenvalue weighted by Crippen LogP contribution is 2.33. The fourth-order valence-corrected chi connectivity index (χ4v) is 6.19. The highest BCUT2D eigenvalue weighted by atomic mass is 16.6. The summed E-state index contributed by atoms with van der Waals surface area (Å²) in [5, 5.41) is 17.0. The second-order valence-corrected chi connectivity index (χ2v) is 15.6. The number of ether oxygens (including phenoxy) is 3. The largest absolute Gasteiger partial charge is 0.478 e. The van der Waals surface area contributed by atoms with E-state index in [1.165, 1.54) is 29.3 Å². The normalized spacial score (nSPS) is 16.6. The number of imide groups is 1. The Bertz CT molecular complexity index is 2130. The van der Waals surface area contributed by atoms with E-state index >= 15 is 0 Å². The summed E-state index contributed by atoms with van der Waals surface area (Å²) >= 11 is 0. The van der Waals surface area contributed by atoms with Gasteiger partial charge in [-0.3, -0.25) is 10.1 Å². The number of benzene rings is 3. The van der Waals surface area contributed by atoms with Gasteiger partial charge in [0.2, 0.25) is 5.91 Å². The molecule has 3 N–H and O–H groups in total. The number of carboxylic acids is 1. The van der Waals surface area contributed by atoms with E-state index in [1.807, 2.05) is 32.0 Å². The number of carboxylic acid groups (broad SMARTS) is 1. The maximum Gasteiger partial charge on any atom is 0.425 e. The quantitative estimate of drug-likeness (QED) is 0.171. The molecule has 14 heteroatoms. The number of carbonyl (C=O) groups excluding carboxylic acids is 4. The lowest BCUT2D eigenvalue weighted by atomic mass is 9.92. The number of pyridine rings is 1. The van der Waals surface area contributed by atoms with Crippen LogP contribution < -0.4 is 15.5 Å². The Kier molecular flexibility index (Phi) is 11.4. The van der Waals surface area contributed by atoms with Gasteiger partial charge in [0.25, 0.3) is 0 Å². The van der Waals surface area contributed by atoms with E-state index in [2.05, 4.69) is 15.6 Å². The van der Waals surface area contributed by atoms with Crippen molar-refractivity contribution >= 4 is 58.1 Å². The van der Waals surface area contributed by atoms with Crippen LogP contribution in [0.2, 0.25) is 0 Å². The van der Waals surface area contributed by atoms with E-state index in [0.717, 1.165) is 16.0 Å². The van der Waals surface area contributed by atoms with E-state index in [1.54, 1.807) is 72.9 Å². The Morgan fingerprint density at radius 1 is 0.945 bits per heavy atom. The topological polar surface area (TPSA) is 177 Å². The molecular formula is C41H47N5O9. The summed E-state index contributed by atoms with van der Waals surface area (Å²) < 4.78 is 16.6. The molecule has 4 amide bonds. The lowest BCUT2D eigenvalue weighted by molar-refractivity contribution is -0.131. The smallest absolute Gasteiger partial charge is 0.425 e.